The summed E-state index contributed by atoms with van der Waals surface area (Å²) in [4.78, 5) is 26.2. The minimum absolute atomic E-state index is 0.119. The van der Waals surface area contributed by atoms with Crippen molar-refractivity contribution >= 4 is 38.3 Å². The Balaban J connectivity index is 0.000000804. The normalized spacial score (nSPS) is 16.0. The van der Waals surface area contributed by atoms with Gasteiger partial charge >= 0.3 is 0 Å². The van der Waals surface area contributed by atoms with Crippen molar-refractivity contribution in [2.24, 2.45) is 0 Å². The Morgan fingerprint density at radius 2 is 1.89 bits per heavy atom. The molecule has 2 aliphatic rings. The van der Waals surface area contributed by atoms with Crippen LogP contribution in [-0.4, -0.2) is 73.0 Å². The number of rotatable bonds is 5. The van der Waals surface area contributed by atoms with Gasteiger partial charge < -0.3 is 24.0 Å². The van der Waals surface area contributed by atoms with Crippen LogP contribution in [0.3, 0.4) is 0 Å². The van der Waals surface area contributed by atoms with Gasteiger partial charge in [-0.05, 0) is 37.2 Å². The smallest absolute Gasteiger partial charge is 0.262 e. The molecule has 0 radical (unpaired) electrons. The molecule has 0 aliphatic carbocycles. The summed E-state index contributed by atoms with van der Waals surface area (Å²) in [6.07, 6.45) is 2.67. The first-order valence-electron chi connectivity index (χ1n) is 13.8. The van der Waals surface area contributed by atoms with Crippen LogP contribution in [0.25, 0.3) is 21.2 Å². The number of ether oxygens (including phenoxy) is 1. The number of piperazine rings is 1. The molecule has 4 aromatic rings. The zero-order valence-corrected chi connectivity index (χ0v) is 24.4. The molecule has 0 unspecified atom stereocenters. The fourth-order valence-electron chi connectivity index (χ4n) is 5.13. The van der Waals surface area contributed by atoms with Crippen molar-refractivity contribution in [1.29, 1.82) is 0 Å². The number of nitrogens with one attached hydrogen (secondary N) is 1. The summed E-state index contributed by atoms with van der Waals surface area (Å²) in [6, 6.07) is 5.77. The van der Waals surface area contributed by atoms with Crippen LogP contribution in [0, 0.1) is 0 Å². The van der Waals surface area contributed by atoms with E-state index in [1.54, 1.807) is 24.8 Å². The highest BCUT2D eigenvalue weighted by Gasteiger charge is 2.25. The highest BCUT2D eigenvalue weighted by molar-refractivity contribution is 7.18. The van der Waals surface area contributed by atoms with Gasteiger partial charge in [0, 0.05) is 18.0 Å². The van der Waals surface area contributed by atoms with Crippen LogP contribution in [0.5, 0.6) is 5.75 Å². The maximum Gasteiger partial charge on any atom is 0.262 e. The Hall–Kier alpha value is -2.95. The maximum absolute atomic E-state index is 13.3. The first-order chi connectivity index (χ1) is 18.6. The summed E-state index contributed by atoms with van der Waals surface area (Å²) in [6.45, 7) is 15.3. The van der Waals surface area contributed by atoms with Crippen molar-refractivity contribution in [3.05, 3.63) is 45.3 Å². The van der Waals surface area contributed by atoms with Crippen LogP contribution in [0.15, 0.2) is 33.8 Å². The van der Waals surface area contributed by atoms with Crippen LogP contribution in [0.4, 0.5) is 5.82 Å². The number of thiophene rings is 1. The zero-order valence-electron chi connectivity index (χ0n) is 23.5. The molecular weight excluding hydrogens is 500 g/mol. The lowest BCUT2D eigenvalue weighted by molar-refractivity contribution is -0.901. The van der Waals surface area contributed by atoms with Gasteiger partial charge in [0.2, 0.25) is 0 Å². The van der Waals surface area contributed by atoms with Gasteiger partial charge in [-0.1, -0.05) is 32.9 Å². The molecule has 6 rings (SSSR count). The minimum Gasteiger partial charge on any atom is -0.497 e. The number of nitrogens with zero attached hydrogens (tertiary/aromatic N) is 5. The molecule has 2 aliphatic heterocycles. The lowest BCUT2D eigenvalue weighted by Gasteiger charge is -2.32. The van der Waals surface area contributed by atoms with Crippen molar-refractivity contribution in [2.75, 3.05) is 58.3 Å². The highest BCUT2D eigenvalue weighted by atomic mass is 32.1. The lowest BCUT2D eigenvalue weighted by atomic mass is 10.1. The molecule has 3 aromatic heterocycles. The van der Waals surface area contributed by atoms with Gasteiger partial charge in [0.15, 0.2) is 11.4 Å². The summed E-state index contributed by atoms with van der Waals surface area (Å²) in [5.74, 6) is 1.68. The predicted molar refractivity (Wildman–Crippen MR) is 155 cm³/mol. The molecule has 10 heteroatoms. The van der Waals surface area contributed by atoms with Gasteiger partial charge in [0.1, 0.15) is 10.6 Å². The summed E-state index contributed by atoms with van der Waals surface area (Å²) >= 11 is 1.68. The van der Waals surface area contributed by atoms with E-state index < -0.39 is 0 Å². The molecule has 0 saturated carbocycles. The van der Waals surface area contributed by atoms with Gasteiger partial charge in [0.05, 0.1) is 63.5 Å². The number of anilines is 1. The van der Waals surface area contributed by atoms with Crippen molar-refractivity contribution < 1.29 is 14.2 Å². The van der Waals surface area contributed by atoms with E-state index >= 15 is 0 Å². The van der Waals surface area contributed by atoms with Gasteiger partial charge in [0.25, 0.3) is 5.56 Å². The van der Waals surface area contributed by atoms with E-state index in [4.69, 9.17) is 9.26 Å². The van der Waals surface area contributed by atoms with E-state index in [1.165, 1.54) is 15.3 Å². The average Bonchev–Trinajstić information content (AvgIpc) is 3.56. The van der Waals surface area contributed by atoms with Crippen LogP contribution in [0.1, 0.15) is 38.1 Å². The summed E-state index contributed by atoms with van der Waals surface area (Å²) in [5, 5.41) is 6.15. The second kappa shape index (κ2) is 12.7. The maximum atomic E-state index is 13.3. The fraction of sp³-hybridized carbons (Fsp3) is 0.536. The van der Waals surface area contributed by atoms with Crippen LogP contribution < -0.4 is 20.1 Å². The monoisotopic (exact) mass is 541 g/mol. The molecule has 1 saturated heterocycles. The predicted octanol–water partition coefficient (Wildman–Crippen LogP) is 3.05. The Morgan fingerprint density at radius 1 is 1.13 bits per heavy atom. The largest absolute Gasteiger partial charge is 0.497 e. The van der Waals surface area contributed by atoms with Crippen molar-refractivity contribution in [3.8, 4) is 5.75 Å². The van der Waals surface area contributed by atoms with Crippen LogP contribution in [0.2, 0.25) is 0 Å². The topological polar surface area (TPSA) is 81.1 Å². The molecule has 1 N–H and O–H groups in total. The van der Waals surface area contributed by atoms with Crippen LogP contribution in [-0.2, 0) is 19.5 Å². The first kappa shape index (κ1) is 28.1. The standard InChI is InChI=1S/C24H28N6O3S.2C2H6/c1-27-6-5-17-20(14-27)34-23-21(17)24(31)30(15-25-23)12-9-28-7-10-29(11-8-28)22-18-13-16(32-2)3-4-19(18)33-26-22;2*1-2/h3-4,13,15H,5-12,14H2,1-2H3;2*1-2H3/p+1. The molecule has 0 spiro atoms. The van der Waals surface area contributed by atoms with E-state index in [2.05, 4.69) is 27.0 Å². The number of hydrogen-bond acceptors (Lipinski definition) is 8. The SMILES string of the molecule is CC.CC.COc1ccc2onc(N3CC[NH+](CCn4cnc5sc6c(c5c4=O)CCN(C)C6)CC3)c2c1. The van der Waals surface area contributed by atoms with E-state index in [1.807, 2.05) is 50.5 Å². The molecule has 0 amide bonds. The lowest BCUT2D eigenvalue weighted by Crippen LogP contribution is -3.15. The highest BCUT2D eigenvalue weighted by Crippen LogP contribution is 2.32. The number of benzene rings is 1. The average molecular weight is 542 g/mol. The van der Waals surface area contributed by atoms with Crippen molar-refractivity contribution in [1.82, 2.24) is 19.6 Å². The van der Waals surface area contributed by atoms with E-state index in [0.717, 1.165) is 85.0 Å². The van der Waals surface area contributed by atoms with Crippen molar-refractivity contribution in [3.63, 3.8) is 0 Å². The minimum atomic E-state index is 0.119. The molecular formula is C28H41N6O3S+. The Labute approximate surface area is 228 Å². The molecule has 1 aromatic carbocycles. The van der Waals surface area contributed by atoms with E-state index in [0.29, 0.717) is 6.54 Å². The molecule has 5 heterocycles. The Kier molecular flexibility index (Phi) is 9.40. The number of quaternary nitrogens is 1. The molecule has 38 heavy (non-hydrogen) atoms. The Morgan fingerprint density at radius 3 is 2.63 bits per heavy atom. The third-order valence-electron chi connectivity index (χ3n) is 7.15. The first-order valence-corrected chi connectivity index (χ1v) is 14.6. The molecule has 0 atom stereocenters. The molecule has 1 fully saturated rings. The van der Waals surface area contributed by atoms with Crippen molar-refractivity contribution in [2.45, 2.75) is 47.2 Å². The van der Waals surface area contributed by atoms with Gasteiger partial charge in [-0.3, -0.25) is 9.36 Å². The third kappa shape index (κ3) is 5.57. The quantitative estimate of drug-likeness (QED) is 0.416. The zero-order chi connectivity index (χ0) is 27.2. The van der Waals surface area contributed by atoms with Gasteiger partial charge in [-0.2, -0.15) is 0 Å². The molecule has 9 nitrogen and oxygen atoms in total. The summed E-state index contributed by atoms with van der Waals surface area (Å²) in [5.41, 5.74) is 2.12. The number of aromatic nitrogens is 3. The number of fused-ring (bicyclic) bond motifs is 4. The van der Waals surface area contributed by atoms with Crippen LogP contribution >= 0.6 is 11.3 Å². The van der Waals surface area contributed by atoms with E-state index in [9.17, 15) is 4.79 Å². The second-order valence-corrected chi connectivity index (χ2v) is 10.4. The fourth-order valence-corrected chi connectivity index (χ4v) is 6.39. The Bertz CT molecular complexity index is 1400. The number of hydrogen-bond donors (Lipinski definition) is 1. The summed E-state index contributed by atoms with van der Waals surface area (Å²) < 4.78 is 12.7. The third-order valence-corrected chi connectivity index (χ3v) is 8.28. The van der Waals surface area contributed by atoms with Gasteiger partial charge in [-0.15, -0.1) is 11.3 Å². The van der Waals surface area contributed by atoms with E-state index in [-0.39, 0.29) is 5.56 Å². The van der Waals surface area contributed by atoms with Gasteiger partial charge in [-0.25, -0.2) is 4.98 Å². The number of methoxy groups -OCH3 is 1. The second-order valence-electron chi connectivity index (χ2n) is 9.27. The molecule has 0 bridgehead atoms. The molecule has 206 valence electrons. The number of likely N-dealkylation sites (N-methyl/N-ethyl adjacent to an activating group) is 1. The summed E-state index contributed by atoms with van der Waals surface area (Å²) in [7, 11) is 3.80.